The number of rotatable bonds is 4. The molecule has 0 spiro atoms. The predicted molar refractivity (Wildman–Crippen MR) is 99.1 cm³/mol. The number of nitrogens with one attached hydrogen (secondary N) is 1. The number of non-ortho nitro benzene ring substituents is 1. The fourth-order valence-electron chi connectivity index (χ4n) is 3.17. The maximum Gasteiger partial charge on any atom is 0.269 e. The van der Waals surface area contributed by atoms with E-state index in [9.17, 15) is 14.9 Å². The Morgan fingerprint density at radius 2 is 2.19 bits per heavy atom. The molecule has 0 atom stereocenters. The fraction of sp³-hybridized carbons (Fsp3) is 0.222. The molecule has 0 saturated carbocycles. The summed E-state index contributed by atoms with van der Waals surface area (Å²) in [5.74, 6) is 0.621. The van der Waals surface area contributed by atoms with Gasteiger partial charge in [-0.05, 0) is 17.0 Å². The molecule has 132 valence electrons. The third kappa shape index (κ3) is 3.29. The van der Waals surface area contributed by atoms with Crippen molar-refractivity contribution in [2.45, 2.75) is 19.5 Å². The highest BCUT2D eigenvalue weighted by atomic mass is 32.1. The minimum absolute atomic E-state index is 0.0833. The molecule has 1 aromatic carbocycles. The summed E-state index contributed by atoms with van der Waals surface area (Å²) in [5.41, 5.74) is 2.36. The lowest BCUT2D eigenvalue weighted by Crippen LogP contribution is -2.35. The van der Waals surface area contributed by atoms with Gasteiger partial charge in [0, 0.05) is 38.2 Å². The summed E-state index contributed by atoms with van der Waals surface area (Å²) in [6.07, 6.45) is 0.687. The average molecular weight is 368 g/mol. The third-order valence-electron chi connectivity index (χ3n) is 4.43. The fourth-order valence-corrected chi connectivity index (χ4v) is 3.84. The summed E-state index contributed by atoms with van der Waals surface area (Å²) < 4.78 is 0. The SMILES string of the molecule is O=c1[nH]c(-c2cccs2)nc2c1CN(Cc1cccc([N+](=O)[O-])c1)CC2. The van der Waals surface area contributed by atoms with Crippen LogP contribution >= 0.6 is 11.3 Å². The highest BCUT2D eigenvalue weighted by Gasteiger charge is 2.22. The quantitative estimate of drug-likeness (QED) is 0.565. The van der Waals surface area contributed by atoms with Crippen LogP contribution in [0.3, 0.4) is 0 Å². The average Bonchev–Trinajstić information content (AvgIpc) is 3.17. The van der Waals surface area contributed by atoms with Gasteiger partial charge in [-0.1, -0.05) is 18.2 Å². The van der Waals surface area contributed by atoms with Gasteiger partial charge in [0.05, 0.1) is 21.1 Å². The number of aromatic nitrogens is 2. The van der Waals surface area contributed by atoms with Gasteiger partial charge in [0.25, 0.3) is 11.2 Å². The number of fused-ring (bicyclic) bond motifs is 1. The lowest BCUT2D eigenvalue weighted by atomic mass is 10.1. The monoisotopic (exact) mass is 368 g/mol. The molecule has 3 aromatic rings. The van der Waals surface area contributed by atoms with Crippen LogP contribution in [0, 0.1) is 10.1 Å². The number of aromatic amines is 1. The van der Waals surface area contributed by atoms with Gasteiger partial charge < -0.3 is 4.98 Å². The van der Waals surface area contributed by atoms with Crippen molar-refractivity contribution >= 4 is 17.0 Å². The molecule has 1 aliphatic rings. The van der Waals surface area contributed by atoms with Gasteiger partial charge >= 0.3 is 0 Å². The van der Waals surface area contributed by atoms with E-state index in [0.29, 0.717) is 30.9 Å². The van der Waals surface area contributed by atoms with E-state index in [1.807, 2.05) is 23.6 Å². The Morgan fingerprint density at radius 3 is 2.96 bits per heavy atom. The number of nitrogens with zero attached hydrogens (tertiary/aromatic N) is 3. The molecule has 26 heavy (non-hydrogen) atoms. The zero-order valence-electron chi connectivity index (χ0n) is 13.8. The molecule has 1 aliphatic heterocycles. The second-order valence-corrected chi connectivity index (χ2v) is 7.15. The molecule has 7 nitrogen and oxygen atoms in total. The van der Waals surface area contributed by atoms with Crippen LogP contribution in [0.2, 0.25) is 0 Å². The van der Waals surface area contributed by atoms with Crippen LogP contribution in [0.4, 0.5) is 5.69 Å². The minimum Gasteiger partial charge on any atom is -0.306 e. The normalized spacial score (nSPS) is 14.2. The van der Waals surface area contributed by atoms with Crippen molar-refractivity contribution in [3.05, 3.63) is 79.1 Å². The molecule has 3 heterocycles. The van der Waals surface area contributed by atoms with Crippen molar-refractivity contribution in [1.29, 1.82) is 0 Å². The highest BCUT2D eigenvalue weighted by Crippen LogP contribution is 2.23. The second kappa shape index (κ2) is 6.81. The molecule has 2 aromatic heterocycles. The number of thiophene rings is 1. The molecular formula is C18H16N4O3S. The summed E-state index contributed by atoms with van der Waals surface area (Å²) in [7, 11) is 0. The first-order valence-corrected chi connectivity index (χ1v) is 9.10. The van der Waals surface area contributed by atoms with Crippen LogP contribution in [-0.4, -0.2) is 26.3 Å². The van der Waals surface area contributed by atoms with E-state index in [-0.39, 0.29) is 11.2 Å². The van der Waals surface area contributed by atoms with E-state index in [1.165, 1.54) is 6.07 Å². The van der Waals surface area contributed by atoms with Gasteiger partial charge in [0.2, 0.25) is 0 Å². The Bertz CT molecular complexity index is 1010. The van der Waals surface area contributed by atoms with E-state index < -0.39 is 4.92 Å². The Kier molecular flexibility index (Phi) is 4.36. The maximum atomic E-state index is 12.5. The van der Waals surface area contributed by atoms with Gasteiger partial charge in [0.15, 0.2) is 5.82 Å². The number of hydrogen-bond donors (Lipinski definition) is 1. The maximum absolute atomic E-state index is 12.5. The molecule has 0 saturated heterocycles. The summed E-state index contributed by atoms with van der Waals surface area (Å²) in [5, 5.41) is 12.9. The number of nitro groups is 1. The summed E-state index contributed by atoms with van der Waals surface area (Å²) in [6.45, 7) is 1.81. The summed E-state index contributed by atoms with van der Waals surface area (Å²) in [4.78, 5) is 33.6. The molecule has 4 rings (SSSR count). The van der Waals surface area contributed by atoms with Crippen molar-refractivity contribution in [1.82, 2.24) is 14.9 Å². The first-order chi connectivity index (χ1) is 12.6. The number of benzene rings is 1. The first kappa shape index (κ1) is 16.6. The van der Waals surface area contributed by atoms with Gasteiger partial charge in [-0.3, -0.25) is 19.8 Å². The van der Waals surface area contributed by atoms with Gasteiger partial charge in [-0.2, -0.15) is 0 Å². The van der Waals surface area contributed by atoms with E-state index in [1.54, 1.807) is 23.5 Å². The molecule has 1 N–H and O–H groups in total. The number of H-pyrrole nitrogens is 1. The largest absolute Gasteiger partial charge is 0.306 e. The standard InChI is InChI=1S/C18H16N4O3S/c23-18-14-11-21(10-12-3-1-4-13(9-12)22(24)25)7-6-15(14)19-17(20-18)16-5-2-8-26-16/h1-5,8-9H,6-7,10-11H2,(H,19,20,23). The van der Waals surface area contributed by atoms with Crippen molar-refractivity contribution in [3.63, 3.8) is 0 Å². The van der Waals surface area contributed by atoms with Gasteiger partial charge in [-0.25, -0.2) is 4.98 Å². The van der Waals surface area contributed by atoms with Crippen molar-refractivity contribution in [2.24, 2.45) is 0 Å². The zero-order chi connectivity index (χ0) is 18.1. The Labute approximate surface area is 153 Å². The van der Waals surface area contributed by atoms with Crippen molar-refractivity contribution < 1.29 is 4.92 Å². The van der Waals surface area contributed by atoms with E-state index in [2.05, 4.69) is 14.9 Å². The van der Waals surface area contributed by atoms with Crippen LogP contribution in [0.1, 0.15) is 16.8 Å². The van der Waals surface area contributed by atoms with E-state index in [4.69, 9.17) is 0 Å². The molecule has 0 amide bonds. The van der Waals surface area contributed by atoms with E-state index >= 15 is 0 Å². The molecule has 0 fully saturated rings. The molecule has 0 bridgehead atoms. The van der Waals surface area contributed by atoms with E-state index in [0.717, 1.165) is 22.7 Å². The topological polar surface area (TPSA) is 92.1 Å². The highest BCUT2D eigenvalue weighted by molar-refractivity contribution is 7.13. The van der Waals surface area contributed by atoms with Gasteiger partial charge in [0.1, 0.15) is 0 Å². The molecular weight excluding hydrogens is 352 g/mol. The molecule has 0 aliphatic carbocycles. The van der Waals surface area contributed by atoms with Crippen LogP contribution in [0.5, 0.6) is 0 Å². The van der Waals surface area contributed by atoms with Crippen molar-refractivity contribution in [2.75, 3.05) is 6.54 Å². The Morgan fingerprint density at radius 1 is 1.31 bits per heavy atom. The zero-order valence-corrected chi connectivity index (χ0v) is 14.7. The number of nitro benzene ring substituents is 1. The number of hydrogen-bond acceptors (Lipinski definition) is 6. The lowest BCUT2D eigenvalue weighted by Gasteiger charge is -2.27. The van der Waals surface area contributed by atoms with Crippen LogP contribution in [-0.2, 0) is 19.5 Å². The minimum atomic E-state index is -0.393. The first-order valence-electron chi connectivity index (χ1n) is 8.22. The lowest BCUT2D eigenvalue weighted by molar-refractivity contribution is -0.384. The molecule has 8 heteroatoms. The smallest absolute Gasteiger partial charge is 0.269 e. The van der Waals surface area contributed by atoms with Crippen molar-refractivity contribution in [3.8, 4) is 10.7 Å². The summed E-state index contributed by atoms with van der Waals surface area (Å²) >= 11 is 1.54. The molecule has 0 unspecified atom stereocenters. The van der Waals surface area contributed by atoms with Crippen LogP contribution < -0.4 is 5.56 Å². The second-order valence-electron chi connectivity index (χ2n) is 6.20. The summed E-state index contributed by atoms with van der Waals surface area (Å²) in [6, 6.07) is 10.5. The van der Waals surface area contributed by atoms with Gasteiger partial charge in [-0.15, -0.1) is 11.3 Å². The van der Waals surface area contributed by atoms with Crippen LogP contribution in [0.25, 0.3) is 10.7 Å². The Hall–Kier alpha value is -2.84. The molecule has 0 radical (unpaired) electrons. The van der Waals surface area contributed by atoms with Crippen LogP contribution in [0.15, 0.2) is 46.6 Å². The predicted octanol–water partition coefficient (Wildman–Crippen LogP) is 2.96. The Balaban J connectivity index is 1.56. The third-order valence-corrected chi connectivity index (χ3v) is 5.31.